The zero-order chi connectivity index (χ0) is 18.1. The van der Waals surface area contributed by atoms with E-state index in [1.165, 1.54) is 12.1 Å². The van der Waals surface area contributed by atoms with E-state index in [-0.39, 0.29) is 10.6 Å². The van der Waals surface area contributed by atoms with E-state index in [1.807, 2.05) is 32.0 Å². The first-order valence-electron chi connectivity index (χ1n) is 7.46. The molecule has 2 aromatic carbocycles. The Morgan fingerprint density at radius 3 is 2.29 bits per heavy atom. The van der Waals surface area contributed by atoms with Gasteiger partial charge in [0.1, 0.15) is 0 Å². The van der Waals surface area contributed by atoms with E-state index in [0.717, 1.165) is 22.8 Å². The Morgan fingerprint density at radius 2 is 1.71 bits per heavy atom. The van der Waals surface area contributed by atoms with Crippen molar-refractivity contribution in [3.63, 3.8) is 0 Å². The van der Waals surface area contributed by atoms with E-state index < -0.39 is 21.0 Å². The minimum absolute atomic E-state index is 0.0756. The third-order valence-electron chi connectivity index (χ3n) is 3.90. The summed E-state index contributed by atoms with van der Waals surface area (Å²) in [6, 6.07) is 9.17. The summed E-state index contributed by atoms with van der Waals surface area (Å²) in [7, 11) is -3.88. The van der Waals surface area contributed by atoms with Gasteiger partial charge in [0.25, 0.3) is 5.69 Å². The molecule has 0 bridgehead atoms. The average molecular weight is 348 g/mol. The van der Waals surface area contributed by atoms with Crippen LogP contribution < -0.4 is 4.72 Å². The van der Waals surface area contributed by atoms with Gasteiger partial charge in [0.2, 0.25) is 10.0 Å². The Hall–Kier alpha value is -2.25. The van der Waals surface area contributed by atoms with Crippen molar-refractivity contribution in [2.75, 3.05) is 0 Å². The second kappa shape index (κ2) is 6.70. The number of hydrogen-bond acceptors (Lipinski definition) is 4. The first-order chi connectivity index (χ1) is 11.1. The summed E-state index contributed by atoms with van der Waals surface area (Å²) < 4.78 is 27.9. The van der Waals surface area contributed by atoms with Crippen molar-refractivity contribution in [1.29, 1.82) is 0 Å². The van der Waals surface area contributed by atoms with Crippen LogP contribution in [0.2, 0.25) is 0 Å². The van der Waals surface area contributed by atoms with Crippen molar-refractivity contribution < 1.29 is 13.3 Å². The van der Waals surface area contributed by atoms with Gasteiger partial charge in [-0.25, -0.2) is 13.1 Å². The van der Waals surface area contributed by atoms with Crippen molar-refractivity contribution in [3.05, 3.63) is 68.8 Å². The molecule has 6 nitrogen and oxygen atoms in total. The number of benzene rings is 2. The highest BCUT2D eigenvalue weighted by Crippen LogP contribution is 2.25. The molecule has 0 heterocycles. The molecule has 1 atom stereocenters. The Kier molecular flexibility index (Phi) is 5.05. The van der Waals surface area contributed by atoms with Gasteiger partial charge in [-0.3, -0.25) is 10.1 Å². The quantitative estimate of drug-likeness (QED) is 0.661. The number of hydrogen-bond donors (Lipinski definition) is 1. The summed E-state index contributed by atoms with van der Waals surface area (Å²) in [4.78, 5) is 10.2. The Balaban J connectivity index is 2.37. The number of rotatable bonds is 5. The van der Waals surface area contributed by atoms with Gasteiger partial charge in [0.15, 0.2) is 0 Å². The second-order valence-electron chi connectivity index (χ2n) is 5.91. The lowest BCUT2D eigenvalue weighted by Gasteiger charge is -2.18. The monoisotopic (exact) mass is 348 g/mol. The van der Waals surface area contributed by atoms with Crippen LogP contribution in [0.4, 0.5) is 5.69 Å². The van der Waals surface area contributed by atoms with Crippen molar-refractivity contribution in [2.45, 2.75) is 38.6 Å². The molecule has 0 aliphatic heterocycles. The number of nitro benzene ring substituents is 1. The minimum Gasteiger partial charge on any atom is -0.258 e. The largest absolute Gasteiger partial charge is 0.270 e. The fourth-order valence-electron chi connectivity index (χ4n) is 2.66. The number of nitrogens with zero attached hydrogens (tertiary/aromatic N) is 1. The van der Waals surface area contributed by atoms with Crippen LogP contribution in [0.3, 0.4) is 0 Å². The zero-order valence-corrected chi connectivity index (χ0v) is 14.8. The Labute approximate surface area is 141 Å². The molecule has 2 aromatic rings. The van der Waals surface area contributed by atoms with E-state index in [9.17, 15) is 18.5 Å². The fraction of sp³-hybridized carbons (Fsp3) is 0.294. The van der Waals surface area contributed by atoms with Crippen LogP contribution in [-0.4, -0.2) is 13.3 Å². The molecule has 1 N–H and O–H groups in total. The highest BCUT2D eigenvalue weighted by molar-refractivity contribution is 7.89. The lowest BCUT2D eigenvalue weighted by molar-refractivity contribution is -0.385. The second-order valence-corrected chi connectivity index (χ2v) is 7.59. The van der Waals surface area contributed by atoms with Gasteiger partial charge in [0.05, 0.1) is 9.82 Å². The maximum atomic E-state index is 12.7. The summed E-state index contributed by atoms with van der Waals surface area (Å²) in [6.07, 6.45) is 0. The van der Waals surface area contributed by atoms with Crippen molar-refractivity contribution in [2.24, 2.45) is 0 Å². The third-order valence-corrected chi connectivity index (χ3v) is 5.58. The molecule has 0 fully saturated rings. The van der Waals surface area contributed by atoms with Gasteiger partial charge in [-0.15, -0.1) is 0 Å². The number of nitro groups is 1. The van der Waals surface area contributed by atoms with Crippen molar-refractivity contribution in [3.8, 4) is 0 Å². The van der Waals surface area contributed by atoms with Crippen LogP contribution in [-0.2, 0) is 10.0 Å². The highest BCUT2D eigenvalue weighted by Gasteiger charge is 2.23. The summed E-state index contributed by atoms with van der Waals surface area (Å²) >= 11 is 0. The summed E-state index contributed by atoms with van der Waals surface area (Å²) in [5, 5.41) is 10.9. The molecule has 0 saturated heterocycles. The molecule has 0 saturated carbocycles. The number of sulfonamides is 1. The summed E-state index contributed by atoms with van der Waals surface area (Å²) in [6.45, 7) is 7.26. The molecule has 0 unspecified atom stereocenters. The third kappa shape index (κ3) is 3.80. The Bertz CT molecular complexity index is 891. The molecular weight excluding hydrogens is 328 g/mol. The molecule has 0 aromatic heterocycles. The van der Waals surface area contributed by atoms with E-state index in [0.29, 0.717) is 5.56 Å². The van der Waals surface area contributed by atoms with Crippen molar-refractivity contribution >= 4 is 15.7 Å². The normalized spacial score (nSPS) is 12.8. The molecule has 2 rings (SSSR count). The van der Waals surface area contributed by atoms with Gasteiger partial charge < -0.3 is 0 Å². The Morgan fingerprint density at radius 1 is 1.04 bits per heavy atom. The summed E-state index contributed by atoms with van der Waals surface area (Å²) in [5.74, 6) is 0. The predicted molar refractivity (Wildman–Crippen MR) is 92.5 cm³/mol. The molecule has 128 valence electrons. The van der Waals surface area contributed by atoms with Gasteiger partial charge in [0, 0.05) is 18.2 Å². The number of non-ortho nitro benzene ring substituents is 1. The minimum atomic E-state index is -3.88. The van der Waals surface area contributed by atoms with Gasteiger partial charge in [-0.05, 0) is 44.4 Å². The molecule has 0 radical (unpaired) electrons. The molecule has 0 spiro atoms. The lowest BCUT2D eigenvalue weighted by Crippen LogP contribution is -2.28. The molecule has 0 aliphatic carbocycles. The van der Waals surface area contributed by atoms with Gasteiger partial charge in [-0.2, -0.15) is 0 Å². The predicted octanol–water partition coefficient (Wildman–Crippen LogP) is 3.56. The van der Waals surface area contributed by atoms with Crippen LogP contribution in [0.1, 0.15) is 35.2 Å². The van der Waals surface area contributed by atoms with E-state index in [4.69, 9.17) is 0 Å². The van der Waals surface area contributed by atoms with E-state index in [1.54, 1.807) is 13.8 Å². The maximum Gasteiger partial charge on any atom is 0.270 e. The van der Waals surface area contributed by atoms with Crippen LogP contribution in [0, 0.1) is 30.9 Å². The number of aryl methyl sites for hydroxylation is 3. The van der Waals surface area contributed by atoms with E-state index >= 15 is 0 Å². The smallest absolute Gasteiger partial charge is 0.258 e. The first-order valence-corrected chi connectivity index (χ1v) is 8.94. The topological polar surface area (TPSA) is 89.3 Å². The maximum absolute atomic E-state index is 12.7. The van der Waals surface area contributed by atoms with Gasteiger partial charge in [-0.1, -0.05) is 29.8 Å². The van der Waals surface area contributed by atoms with E-state index in [2.05, 4.69) is 4.72 Å². The molecular formula is C17H20N2O4S. The van der Waals surface area contributed by atoms with Gasteiger partial charge >= 0.3 is 0 Å². The standard InChI is InChI=1S/C17H20N2O4S/c1-11-5-8-16(13(3)9-11)14(4)18-24(22,23)17-10-15(19(20)21)7-6-12(17)2/h5-10,14,18H,1-4H3/t14-/m1/s1. The van der Waals surface area contributed by atoms with Crippen LogP contribution >= 0.6 is 0 Å². The van der Waals surface area contributed by atoms with Crippen molar-refractivity contribution in [1.82, 2.24) is 4.72 Å². The molecule has 24 heavy (non-hydrogen) atoms. The molecule has 7 heteroatoms. The fourth-order valence-corrected chi connectivity index (χ4v) is 4.15. The molecule has 0 aliphatic rings. The number of nitrogens with one attached hydrogen (secondary N) is 1. The lowest BCUT2D eigenvalue weighted by atomic mass is 10.0. The van der Waals surface area contributed by atoms with Crippen LogP contribution in [0.25, 0.3) is 0 Å². The first kappa shape index (κ1) is 18.1. The zero-order valence-electron chi connectivity index (χ0n) is 14.0. The van der Waals surface area contributed by atoms with Crippen LogP contribution in [0.15, 0.2) is 41.3 Å². The average Bonchev–Trinajstić information content (AvgIpc) is 2.46. The highest BCUT2D eigenvalue weighted by atomic mass is 32.2. The summed E-state index contributed by atoms with van der Waals surface area (Å²) in [5.41, 5.74) is 3.16. The SMILES string of the molecule is Cc1ccc([C@@H](C)NS(=O)(=O)c2cc([N+](=O)[O-])ccc2C)c(C)c1. The molecule has 0 amide bonds. The van der Waals surface area contributed by atoms with Crippen LogP contribution in [0.5, 0.6) is 0 Å².